The van der Waals surface area contributed by atoms with Gasteiger partial charge in [0, 0.05) is 5.56 Å². The Morgan fingerprint density at radius 1 is 1.03 bits per heavy atom. The second kappa shape index (κ2) is 14.0. The van der Waals surface area contributed by atoms with E-state index >= 15 is 0 Å². The number of carbonyl (C=O) groups excluding carboxylic acids is 3. The first-order chi connectivity index (χ1) is 18.7. The lowest BCUT2D eigenvalue weighted by atomic mass is 9.84. The first kappa shape index (κ1) is 30.0. The smallest absolute Gasteiger partial charge is 0.325 e. The molecule has 1 fully saturated rings. The van der Waals surface area contributed by atoms with Crippen LogP contribution in [0.5, 0.6) is 11.5 Å². The number of ether oxygens (including phenoxy) is 3. The number of aromatic nitrogens is 2. The van der Waals surface area contributed by atoms with Crippen LogP contribution in [0.3, 0.4) is 0 Å². The highest BCUT2D eigenvalue weighted by molar-refractivity contribution is 5.97. The molecule has 0 radical (unpaired) electrons. The van der Waals surface area contributed by atoms with Gasteiger partial charge in [-0.15, -0.1) is 0 Å². The summed E-state index contributed by atoms with van der Waals surface area (Å²) < 4.78 is 17.5. The lowest BCUT2D eigenvalue weighted by Gasteiger charge is -2.26. The molecule has 2 amide bonds. The second-order valence-corrected chi connectivity index (χ2v) is 10.5. The SMILES string of the molecule is COC(=O)CNC(=O)[C@H](CC1CCCCC1)NC(=O)c1cc(-c2cc(OC)ccc2OC)n(C(C)C(C)C)n1. The quantitative estimate of drug-likeness (QED) is 0.387. The van der Waals surface area contributed by atoms with Gasteiger partial charge < -0.3 is 24.8 Å². The van der Waals surface area contributed by atoms with Gasteiger partial charge >= 0.3 is 5.97 Å². The van der Waals surface area contributed by atoms with Crippen LogP contribution < -0.4 is 20.1 Å². The number of benzene rings is 1. The zero-order valence-corrected chi connectivity index (χ0v) is 23.9. The summed E-state index contributed by atoms with van der Waals surface area (Å²) in [7, 11) is 4.45. The molecule has 2 aromatic rings. The molecule has 3 rings (SSSR count). The molecule has 1 aromatic heterocycles. The standard InChI is InChI=1S/C29H42N4O6/c1-18(2)19(3)33-25(22-15-21(37-4)12-13-26(22)38-5)16-24(32-33)29(36)31-23(14-20-10-8-7-9-11-20)28(35)30-17-27(34)39-6/h12-13,15-16,18-20,23H,7-11,14,17H2,1-6H3,(H,30,35)(H,31,36)/t19?,23-/m0/s1. The van der Waals surface area contributed by atoms with Crippen LogP contribution in [-0.4, -0.2) is 61.5 Å². The fourth-order valence-electron chi connectivity index (χ4n) is 4.89. The molecule has 0 saturated heterocycles. The van der Waals surface area contributed by atoms with Gasteiger partial charge in [-0.1, -0.05) is 46.0 Å². The van der Waals surface area contributed by atoms with Crippen LogP contribution in [-0.2, 0) is 14.3 Å². The molecule has 1 unspecified atom stereocenters. The molecule has 0 bridgehead atoms. The zero-order chi connectivity index (χ0) is 28.5. The van der Waals surface area contributed by atoms with Crippen LogP contribution in [0.25, 0.3) is 11.3 Å². The van der Waals surface area contributed by atoms with Gasteiger partial charge in [0.15, 0.2) is 5.69 Å². The van der Waals surface area contributed by atoms with E-state index in [4.69, 9.17) is 9.47 Å². The minimum absolute atomic E-state index is 0.0288. The van der Waals surface area contributed by atoms with E-state index < -0.39 is 23.8 Å². The van der Waals surface area contributed by atoms with Crippen molar-refractivity contribution in [2.75, 3.05) is 27.9 Å². The Labute approximate surface area is 230 Å². The Bertz CT molecular complexity index is 1140. The van der Waals surface area contributed by atoms with Crippen LogP contribution >= 0.6 is 0 Å². The third-order valence-corrected chi connectivity index (χ3v) is 7.55. The molecule has 1 heterocycles. The molecule has 2 atom stereocenters. The average molecular weight is 543 g/mol. The van der Waals surface area contributed by atoms with Gasteiger partial charge in [0.25, 0.3) is 5.91 Å². The average Bonchev–Trinajstić information content (AvgIpc) is 3.40. The molecular weight excluding hydrogens is 500 g/mol. The van der Waals surface area contributed by atoms with Crippen molar-refractivity contribution >= 4 is 17.8 Å². The normalized spacial score (nSPS) is 15.4. The summed E-state index contributed by atoms with van der Waals surface area (Å²) in [5, 5.41) is 10.2. The molecule has 10 heteroatoms. The molecule has 0 spiro atoms. The first-order valence-corrected chi connectivity index (χ1v) is 13.7. The summed E-state index contributed by atoms with van der Waals surface area (Å²) in [6.07, 6.45) is 5.92. The maximum Gasteiger partial charge on any atom is 0.325 e. The Kier molecular flexibility index (Phi) is 10.8. The molecule has 1 aromatic carbocycles. The third kappa shape index (κ3) is 7.74. The number of esters is 1. The Hall–Kier alpha value is -3.56. The van der Waals surface area contributed by atoms with Gasteiger partial charge in [0.2, 0.25) is 5.91 Å². The van der Waals surface area contributed by atoms with Crippen molar-refractivity contribution in [3.8, 4) is 22.8 Å². The summed E-state index contributed by atoms with van der Waals surface area (Å²) in [5.74, 6) is 0.409. The third-order valence-electron chi connectivity index (χ3n) is 7.55. The predicted octanol–water partition coefficient (Wildman–Crippen LogP) is 4.14. The van der Waals surface area contributed by atoms with E-state index in [-0.39, 0.29) is 24.2 Å². The zero-order valence-electron chi connectivity index (χ0n) is 23.9. The van der Waals surface area contributed by atoms with E-state index in [0.717, 1.165) is 31.2 Å². The van der Waals surface area contributed by atoms with Gasteiger partial charge in [-0.25, -0.2) is 0 Å². The summed E-state index contributed by atoms with van der Waals surface area (Å²) in [6.45, 7) is 5.96. The van der Waals surface area contributed by atoms with Gasteiger partial charge in [-0.3, -0.25) is 19.1 Å². The lowest BCUT2D eigenvalue weighted by Crippen LogP contribution is -2.49. The second-order valence-electron chi connectivity index (χ2n) is 10.5. The van der Waals surface area contributed by atoms with Gasteiger partial charge in [-0.2, -0.15) is 5.10 Å². The molecule has 0 aliphatic heterocycles. The largest absolute Gasteiger partial charge is 0.497 e. The van der Waals surface area contributed by atoms with E-state index in [1.807, 2.05) is 29.8 Å². The van der Waals surface area contributed by atoms with Gasteiger partial charge in [0.1, 0.15) is 24.1 Å². The van der Waals surface area contributed by atoms with Crippen molar-refractivity contribution in [3.05, 3.63) is 30.0 Å². The lowest BCUT2D eigenvalue weighted by molar-refractivity contribution is -0.141. The fourth-order valence-corrected chi connectivity index (χ4v) is 4.89. The molecule has 1 saturated carbocycles. The number of carbonyl (C=O) groups is 3. The Morgan fingerprint density at radius 2 is 1.74 bits per heavy atom. The van der Waals surface area contributed by atoms with E-state index in [0.29, 0.717) is 29.5 Å². The minimum atomic E-state index is -0.798. The van der Waals surface area contributed by atoms with Crippen LogP contribution in [0.15, 0.2) is 24.3 Å². The van der Waals surface area contributed by atoms with Crippen LogP contribution in [0.1, 0.15) is 75.8 Å². The van der Waals surface area contributed by atoms with Gasteiger partial charge in [-0.05, 0) is 49.4 Å². The summed E-state index contributed by atoms with van der Waals surface area (Å²) >= 11 is 0. The number of methoxy groups -OCH3 is 3. The highest BCUT2D eigenvalue weighted by Gasteiger charge is 2.29. The highest BCUT2D eigenvalue weighted by Crippen LogP contribution is 2.36. The van der Waals surface area contributed by atoms with Crippen molar-refractivity contribution in [1.82, 2.24) is 20.4 Å². The summed E-state index contributed by atoms with van der Waals surface area (Å²) in [4.78, 5) is 38.2. The topological polar surface area (TPSA) is 121 Å². The molecule has 214 valence electrons. The molecular formula is C29H42N4O6. The number of nitrogens with zero attached hydrogens (tertiary/aromatic N) is 2. The van der Waals surface area contributed by atoms with E-state index in [1.165, 1.54) is 13.5 Å². The Balaban J connectivity index is 1.94. The molecule has 39 heavy (non-hydrogen) atoms. The maximum atomic E-state index is 13.5. The number of hydrogen-bond donors (Lipinski definition) is 2. The van der Waals surface area contributed by atoms with Crippen LogP contribution in [0, 0.1) is 11.8 Å². The number of amides is 2. The van der Waals surface area contributed by atoms with Crippen molar-refractivity contribution in [2.45, 2.75) is 71.4 Å². The number of hydrogen-bond acceptors (Lipinski definition) is 7. The monoisotopic (exact) mass is 542 g/mol. The van der Waals surface area contributed by atoms with Crippen molar-refractivity contribution in [3.63, 3.8) is 0 Å². The molecule has 1 aliphatic rings. The fraction of sp³-hybridized carbons (Fsp3) is 0.586. The minimum Gasteiger partial charge on any atom is -0.497 e. The highest BCUT2D eigenvalue weighted by atomic mass is 16.5. The summed E-state index contributed by atoms with van der Waals surface area (Å²) in [6, 6.07) is 6.37. The van der Waals surface area contributed by atoms with E-state index in [2.05, 4.69) is 34.3 Å². The van der Waals surface area contributed by atoms with Crippen molar-refractivity contribution < 1.29 is 28.6 Å². The molecule has 2 N–H and O–H groups in total. The van der Waals surface area contributed by atoms with Crippen LogP contribution in [0.4, 0.5) is 0 Å². The summed E-state index contributed by atoms with van der Waals surface area (Å²) in [5.41, 5.74) is 1.64. The van der Waals surface area contributed by atoms with Gasteiger partial charge in [0.05, 0.1) is 33.1 Å². The number of rotatable bonds is 12. The first-order valence-electron chi connectivity index (χ1n) is 13.7. The number of nitrogens with one attached hydrogen (secondary N) is 2. The maximum absolute atomic E-state index is 13.5. The molecule has 10 nitrogen and oxygen atoms in total. The van der Waals surface area contributed by atoms with E-state index in [1.54, 1.807) is 20.3 Å². The molecule has 1 aliphatic carbocycles. The van der Waals surface area contributed by atoms with E-state index in [9.17, 15) is 14.4 Å². The predicted molar refractivity (Wildman–Crippen MR) is 148 cm³/mol. The van der Waals surface area contributed by atoms with Crippen molar-refractivity contribution in [2.24, 2.45) is 11.8 Å². The van der Waals surface area contributed by atoms with Crippen molar-refractivity contribution in [1.29, 1.82) is 0 Å². The Morgan fingerprint density at radius 3 is 2.36 bits per heavy atom. The van der Waals surface area contributed by atoms with Crippen LogP contribution in [0.2, 0.25) is 0 Å².